The molecule has 1 aliphatic heterocycles. The van der Waals surface area contributed by atoms with E-state index in [1.54, 1.807) is 0 Å². The molecule has 88 valence electrons. The fourth-order valence-electron chi connectivity index (χ4n) is 1.85. The van der Waals surface area contributed by atoms with Crippen LogP contribution in [0, 0.1) is 23.7 Å². The Morgan fingerprint density at radius 1 is 1.29 bits per heavy atom. The number of nitrogens with zero attached hydrogens (tertiary/aromatic N) is 1. The maximum Gasteiger partial charge on any atom is 0.495 e. The Balaban J connectivity index is 2.24. The summed E-state index contributed by atoms with van der Waals surface area (Å²) in [6.45, 7) is 7.50. The van der Waals surface area contributed by atoms with Crippen molar-refractivity contribution in [2.45, 2.75) is 20.8 Å². The van der Waals surface area contributed by atoms with E-state index in [0.717, 1.165) is 11.0 Å². The van der Waals surface area contributed by atoms with Gasteiger partial charge in [0.05, 0.1) is 11.6 Å². The van der Waals surface area contributed by atoms with E-state index in [0.29, 0.717) is 18.8 Å². The number of nitriles is 1. The van der Waals surface area contributed by atoms with Crippen molar-refractivity contribution in [3.05, 3.63) is 29.3 Å². The number of aryl methyl sites for hydroxylation is 1. The van der Waals surface area contributed by atoms with Gasteiger partial charge in [0.1, 0.15) is 0 Å². The summed E-state index contributed by atoms with van der Waals surface area (Å²) >= 11 is 0. The van der Waals surface area contributed by atoms with Gasteiger partial charge in [-0.3, -0.25) is 0 Å². The van der Waals surface area contributed by atoms with E-state index in [4.69, 9.17) is 14.6 Å². The Kier molecular flexibility index (Phi) is 3.23. The molecule has 0 N–H and O–H groups in total. The lowest BCUT2D eigenvalue weighted by molar-refractivity contribution is 0.0343. The Labute approximate surface area is 102 Å². The lowest BCUT2D eigenvalue weighted by atomic mass is 9.73. The van der Waals surface area contributed by atoms with Crippen molar-refractivity contribution < 1.29 is 9.31 Å². The summed E-state index contributed by atoms with van der Waals surface area (Å²) in [5.41, 5.74) is 2.62. The first-order valence-corrected chi connectivity index (χ1v) is 5.76. The molecule has 1 saturated heterocycles. The number of hydrogen-bond donors (Lipinski definition) is 0. The van der Waals surface area contributed by atoms with Crippen molar-refractivity contribution >= 4 is 12.6 Å². The normalized spacial score (nSPS) is 18.8. The zero-order valence-corrected chi connectivity index (χ0v) is 10.5. The molecule has 0 aromatic heterocycles. The molecule has 4 heteroatoms. The van der Waals surface area contributed by atoms with Crippen LogP contribution in [0.15, 0.2) is 18.2 Å². The molecule has 0 unspecified atom stereocenters. The minimum Gasteiger partial charge on any atom is -0.407 e. The molecule has 0 radical (unpaired) electrons. The quantitative estimate of drug-likeness (QED) is 0.687. The molecule has 1 heterocycles. The number of rotatable bonds is 1. The molecule has 0 atom stereocenters. The van der Waals surface area contributed by atoms with Gasteiger partial charge in [0.25, 0.3) is 0 Å². The fraction of sp³-hybridized carbons (Fsp3) is 0.462. The highest BCUT2D eigenvalue weighted by Gasteiger charge is 2.34. The molecule has 17 heavy (non-hydrogen) atoms. The van der Waals surface area contributed by atoms with E-state index in [1.165, 1.54) is 0 Å². The van der Waals surface area contributed by atoms with Crippen LogP contribution in [-0.2, 0) is 9.31 Å². The first-order chi connectivity index (χ1) is 8.02. The third kappa shape index (κ3) is 2.69. The van der Waals surface area contributed by atoms with Gasteiger partial charge in [-0.15, -0.1) is 0 Å². The second-order valence-electron chi connectivity index (χ2n) is 5.32. The van der Waals surface area contributed by atoms with Gasteiger partial charge in [-0.05, 0) is 13.0 Å². The van der Waals surface area contributed by atoms with Gasteiger partial charge in [0.2, 0.25) is 0 Å². The minimum absolute atomic E-state index is 0.0487. The molecule has 1 aliphatic rings. The summed E-state index contributed by atoms with van der Waals surface area (Å²) in [6, 6.07) is 7.88. The standard InChI is InChI=1S/C13H16BNO2/c1-10-4-5-11(7-15)12(6-10)14-16-8-13(2,3)9-17-14/h4-6H,8-9H2,1-3H3. The third-order valence-corrected chi connectivity index (χ3v) is 2.83. The van der Waals surface area contributed by atoms with Crippen LogP contribution in [0.2, 0.25) is 0 Å². The van der Waals surface area contributed by atoms with Gasteiger partial charge in [0, 0.05) is 24.1 Å². The third-order valence-electron chi connectivity index (χ3n) is 2.83. The molecule has 0 saturated carbocycles. The summed E-state index contributed by atoms with van der Waals surface area (Å²) in [4.78, 5) is 0. The molecule has 3 nitrogen and oxygen atoms in total. The maximum absolute atomic E-state index is 9.08. The Bertz CT molecular complexity index is 455. The summed E-state index contributed by atoms with van der Waals surface area (Å²) in [5, 5.41) is 9.08. The summed E-state index contributed by atoms with van der Waals surface area (Å²) in [7, 11) is -0.405. The van der Waals surface area contributed by atoms with E-state index < -0.39 is 7.12 Å². The van der Waals surface area contributed by atoms with Crippen LogP contribution < -0.4 is 5.46 Å². The average molecular weight is 229 g/mol. The van der Waals surface area contributed by atoms with Crippen LogP contribution in [0.25, 0.3) is 0 Å². The number of benzene rings is 1. The van der Waals surface area contributed by atoms with Crippen molar-refractivity contribution in [2.24, 2.45) is 5.41 Å². The molecule has 0 amide bonds. The first-order valence-electron chi connectivity index (χ1n) is 5.76. The predicted octanol–water partition coefficient (Wildman–Crippen LogP) is 1.63. The number of hydrogen-bond acceptors (Lipinski definition) is 3. The van der Waals surface area contributed by atoms with Crippen molar-refractivity contribution in [1.29, 1.82) is 5.26 Å². The van der Waals surface area contributed by atoms with Crippen LogP contribution in [0.5, 0.6) is 0 Å². The van der Waals surface area contributed by atoms with E-state index in [1.807, 2.05) is 25.1 Å². The summed E-state index contributed by atoms with van der Waals surface area (Å²) in [6.07, 6.45) is 0. The van der Waals surface area contributed by atoms with E-state index in [-0.39, 0.29) is 5.41 Å². The van der Waals surface area contributed by atoms with Crippen molar-refractivity contribution in [3.63, 3.8) is 0 Å². The first kappa shape index (κ1) is 12.2. The average Bonchev–Trinajstić information content (AvgIpc) is 2.29. The maximum atomic E-state index is 9.08. The van der Waals surface area contributed by atoms with Gasteiger partial charge in [-0.2, -0.15) is 5.26 Å². The van der Waals surface area contributed by atoms with E-state index in [9.17, 15) is 0 Å². The van der Waals surface area contributed by atoms with Crippen LogP contribution >= 0.6 is 0 Å². The van der Waals surface area contributed by atoms with Crippen molar-refractivity contribution in [3.8, 4) is 6.07 Å². The van der Waals surface area contributed by atoms with Crippen molar-refractivity contribution in [2.75, 3.05) is 13.2 Å². The lowest BCUT2D eigenvalue weighted by Gasteiger charge is -2.33. The molecule has 0 bridgehead atoms. The molecule has 1 aromatic rings. The minimum atomic E-state index is -0.405. The van der Waals surface area contributed by atoms with Gasteiger partial charge in [0.15, 0.2) is 0 Å². The summed E-state index contributed by atoms with van der Waals surface area (Å²) in [5.74, 6) is 0. The largest absolute Gasteiger partial charge is 0.495 e. The van der Waals surface area contributed by atoms with Crippen LogP contribution in [0.3, 0.4) is 0 Å². The monoisotopic (exact) mass is 229 g/mol. The second-order valence-corrected chi connectivity index (χ2v) is 5.32. The fourth-order valence-corrected chi connectivity index (χ4v) is 1.85. The topological polar surface area (TPSA) is 42.2 Å². The Hall–Kier alpha value is -1.31. The van der Waals surface area contributed by atoms with E-state index >= 15 is 0 Å². The molecule has 1 fully saturated rings. The highest BCUT2D eigenvalue weighted by Crippen LogP contribution is 2.21. The molecule has 1 aromatic carbocycles. The lowest BCUT2D eigenvalue weighted by Crippen LogP contribution is -2.48. The molecule has 0 spiro atoms. The Morgan fingerprint density at radius 3 is 2.53 bits per heavy atom. The molecule has 2 rings (SSSR count). The highest BCUT2D eigenvalue weighted by molar-refractivity contribution is 6.62. The van der Waals surface area contributed by atoms with Crippen LogP contribution in [0.4, 0.5) is 0 Å². The second kappa shape index (κ2) is 4.52. The zero-order valence-electron chi connectivity index (χ0n) is 10.5. The smallest absolute Gasteiger partial charge is 0.407 e. The van der Waals surface area contributed by atoms with E-state index in [2.05, 4.69) is 19.9 Å². The van der Waals surface area contributed by atoms with Gasteiger partial charge in [-0.1, -0.05) is 31.5 Å². The van der Waals surface area contributed by atoms with Gasteiger partial charge < -0.3 is 9.31 Å². The summed E-state index contributed by atoms with van der Waals surface area (Å²) < 4.78 is 11.4. The van der Waals surface area contributed by atoms with Gasteiger partial charge in [-0.25, -0.2) is 0 Å². The zero-order chi connectivity index (χ0) is 12.5. The Morgan fingerprint density at radius 2 is 1.94 bits per heavy atom. The van der Waals surface area contributed by atoms with Crippen LogP contribution in [0.1, 0.15) is 25.0 Å². The van der Waals surface area contributed by atoms with Gasteiger partial charge >= 0.3 is 7.12 Å². The highest BCUT2D eigenvalue weighted by atomic mass is 16.6. The predicted molar refractivity (Wildman–Crippen MR) is 67.0 cm³/mol. The molecule has 0 aliphatic carbocycles. The molecular formula is C13H16BNO2. The molecular weight excluding hydrogens is 213 g/mol. The van der Waals surface area contributed by atoms with Crippen LogP contribution in [-0.4, -0.2) is 20.3 Å². The SMILES string of the molecule is Cc1ccc(C#N)c(B2OCC(C)(C)CO2)c1. The van der Waals surface area contributed by atoms with Crippen molar-refractivity contribution in [1.82, 2.24) is 0 Å².